The number of rotatable bonds is 4. The van der Waals surface area contributed by atoms with Crippen molar-refractivity contribution in [2.24, 2.45) is 5.92 Å². The molecule has 1 aliphatic carbocycles. The fraction of sp³-hybridized carbons (Fsp3) is 0.579. The van der Waals surface area contributed by atoms with Crippen LogP contribution in [0.5, 0.6) is 0 Å². The summed E-state index contributed by atoms with van der Waals surface area (Å²) >= 11 is 0. The molecule has 0 unspecified atom stereocenters. The van der Waals surface area contributed by atoms with Gasteiger partial charge in [-0.15, -0.1) is 5.10 Å². The van der Waals surface area contributed by atoms with Crippen molar-refractivity contribution in [1.29, 1.82) is 0 Å². The van der Waals surface area contributed by atoms with E-state index in [4.69, 9.17) is 0 Å². The van der Waals surface area contributed by atoms with Gasteiger partial charge in [0.05, 0.1) is 12.2 Å². The van der Waals surface area contributed by atoms with Gasteiger partial charge < -0.3 is 4.90 Å². The molecule has 2 heterocycles. The van der Waals surface area contributed by atoms with E-state index in [1.807, 2.05) is 12.1 Å². The molecule has 2 aromatic rings. The van der Waals surface area contributed by atoms with E-state index in [9.17, 15) is 4.79 Å². The molecule has 26 heavy (non-hydrogen) atoms. The fourth-order valence-corrected chi connectivity index (χ4v) is 3.95. The second kappa shape index (κ2) is 7.53. The van der Waals surface area contributed by atoms with Gasteiger partial charge in [-0.25, -0.2) is 0 Å². The Bertz CT molecular complexity index is 742. The van der Waals surface area contributed by atoms with Crippen LogP contribution in [0.2, 0.25) is 0 Å². The lowest BCUT2D eigenvalue weighted by Crippen LogP contribution is -2.49. The first-order valence-electron chi connectivity index (χ1n) is 9.56. The van der Waals surface area contributed by atoms with Gasteiger partial charge in [0.1, 0.15) is 0 Å². The highest BCUT2D eigenvalue weighted by Crippen LogP contribution is 2.27. The fourth-order valence-electron chi connectivity index (χ4n) is 3.95. The number of carbonyl (C=O) groups is 1. The average molecular weight is 354 g/mol. The van der Waals surface area contributed by atoms with E-state index in [1.54, 1.807) is 4.68 Å². The Balaban J connectivity index is 1.36. The minimum Gasteiger partial charge on any atom is -0.340 e. The summed E-state index contributed by atoms with van der Waals surface area (Å²) in [7, 11) is 0. The number of aryl methyl sites for hydroxylation is 1. The third-order valence-electron chi connectivity index (χ3n) is 5.57. The second-order valence-corrected chi connectivity index (χ2v) is 7.43. The van der Waals surface area contributed by atoms with Gasteiger partial charge in [-0.2, -0.15) is 4.68 Å². The minimum absolute atomic E-state index is 0.274. The zero-order valence-corrected chi connectivity index (χ0v) is 15.3. The Hall–Kier alpha value is -2.28. The Kier molecular flexibility index (Phi) is 4.97. The van der Waals surface area contributed by atoms with Gasteiger partial charge >= 0.3 is 0 Å². The summed E-state index contributed by atoms with van der Waals surface area (Å²) in [4.78, 5) is 16.9. The molecule has 0 atom stereocenters. The molecule has 138 valence electrons. The molecule has 1 aromatic carbocycles. The van der Waals surface area contributed by atoms with Crippen molar-refractivity contribution < 1.29 is 4.79 Å². The lowest BCUT2D eigenvalue weighted by atomic mass is 10.1. The van der Waals surface area contributed by atoms with E-state index in [2.05, 4.69) is 44.4 Å². The average Bonchev–Trinajstić information content (AvgIpc) is 3.35. The lowest BCUT2D eigenvalue weighted by molar-refractivity contribution is -0.137. The van der Waals surface area contributed by atoms with Crippen LogP contribution in [0.4, 0.5) is 0 Å². The molecule has 1 aromatic heterocycles. The maximum atomic E-state index is 12.6. The molecular weight excluding hydrogens is 328 g/mol. The summed E-state index contributed by atoms with van der Waals surface area (Å²) in [6.07, 6.45) is 4.56. The first-order valence-corrected chi connectivity index (χ1v) is 9.56. The second-order valence-electron chi connectivity index (χ2n) is 7.43. The number of tetrazole rings is 1. The number of benzene rings is 1. The van der Waals surface area contributed by atoms with Crippen molar-refractivity contribution >= 4 is 5.91 Å². The maximum Gasteiger partial charge on any atom is 0.225 e. The monoisotopic (exact) mass is 354 g/mol. The predicted octanol–water partition coefficient (Wildman–Crippen LogP) is 1.81. The van der Waals surface area contributed by atoms with Crippen LogP contribution in [0, 0.1) is 12.8 Å². The Morgan fingerprint density at radius 3 is 2.46 bits per heavy atom. The third-order valence-corrected chi connectivity index (χ3v) is 5.57. The quantitative estimate of drug-likeness (QED) is 0.838. The normalized spacial score (nSPS) is 19.2. The Labute approximate surface area is 154 Å². The first kappa shape index (κ1) is 17.1. The van der Waals surface area contributed by atoms with Gasteiger partial charge in [0.15, 0.2) is 5.82 Å². The molecule has 1 saturated carbocycles. The van der Waals surface area contributed by atoms with Gasteiger partial charge in [-0.05, 0) is 42.3 Å². The summed E-state index contributed by atoms with van der Waals surface area (Å²) in [5.41, 5.74) is 2.19. The van der Waals surface area contributed by atoms with Crippen LogP contribution in [0.1, 0.15) is 37.1 Å². The predicted molar refractivity (Wildman–Crippen MR) is 97.7 cm³/mol. The van der Waals surface area contributed by atoms with E-state index in [1.165, 1.54) is 18.4 Å². The molecule has 1 aliphatic heterocycles. The molecule has 0 spiro atoms. The van der Waals surface area contributed by atoms with Gasteiger partial charge in [0.25, 0.3) is 0 Å². The summed E-state index contributed by atoms with van der Waals surface area (Å²) < 4.78 is 1.80. The molecule has 2 fully saturated rings. The van der Waals surface area contributed by atoms with Crippen molar-refractivity contribution in [2.45, 2.75) is 39.2 Å². The molecule has 0 N–H and O–H groups in total. The maximum absolute atomic E-state index is 12.6. The van der Waals surface area contributed by atoms with Crippen LogP contribution >= 0.6 is 0 Å². The Morgan fingerprint density at radius 1 is 1.08 bits per heavy atom. The highest BCUT2D eigenvalue weighted by molar-refractivity contribution is 5.79. The topological polar surface area (TPSA) is 67.2 Å². The SMILES string of the molecule is Cc1ccc(-n2nnnc2CN2CCN(C(=O)C3CCCC3)CC2)cc1. The van der Waals surface area contributed by atoms with E-state index in [-0.39, 0.29) is 5.92 Å². The molecule has 4 rings (SSSR count). The van der Waals surface area contributed by atoms with Crippen molar-refractivity contribution in [3.8, 4) is 5.69 Å². The minimum atomic E-state index is 0.274. The summed E-state index contributed by atoms with van der Waals surface area (Å²) in [5, 5.41) is 12.2. The van der Waals surface area contributed by atoms with Gasteiger partial charge in [-0.3, -0.25) is 9.69 Å². The standard InChI is InChI=1S/C19H26N6O/c1-15-6-8-17(9-7-15)25-18(20-21-22-25)14-23-10-12-24(13-11-23)19(26)16-4-2-3-5-16/h6-9,16H,2-5,10-14H2,1H3. The largest absolute Gasteiger partial charge is 0.340 e. The van der Waals surface area contributed by atoms with Gasteiger partial charge in [0.2, 0.25) is 5.91 Å². The number of carbonyl (C=O) groups excluding carboxylic acids is 1. The highest BCUT2D eigenvalue weighted by atomic mass is 16.2. The molecule has 2 aliphatic rings. The molecule has 1 amide bonds. The van der Waals surface area contributed by atoms with Crippen LogP contribution in [-0.2, 0) is 11.3 Å². The van der Waals surface area contributed by atoms with E-state index >= 15 is 0 Å². The number of hydrogen-bond donors (Lipinski definition) is 0. The molecule has 7 nitrogen and oxygen atoms in total. The van der Waals surface area contributed by atoms with E-state index in [0.29, 0.717) is 12.5 Å². The molecule has 1 saturated heterocycles. The van der Waals surface area contributed by atoms with Gasteiger partial charge in [-0.1, -0.05) is 30.5 Å². The van der Waals surface area contributed by atoms with Gasteiger partial charge in [0, 0.05) is 32.1 Å². The first-order chi connectivity index (χ1) is 12.7. The van der Waals surface area contributed by atoms with E-state index < -0.39 is 0 Å². The van der Waals surface area contributed by atoms with Crippen LogP contribution in [0.25, 0.3) is 5.69 Å². The third kappa shape index (κ3) is 3.62. The van der Waals surface area contributed by atoms with Crippen LogP contribution in [0.3, 0.4) is 0 Å². The van der Waals surface area contributed by atoms with Crippen molar-refractivity contribution in [1.82, 2.24) is 30.0 Å². The molecular formula is C19H26N6O. The lowest BCUT2D eigenvalue weighted by Gasteiger charge is -2.35. The van der Waals surface area contributed by atoms with E-state index in [0.717, 1.165) is 50.5 Å². The Morgan fingerprint density at radius 2 is 1.77 bits per heavy atom. The smallest absolute Gasteiger partial charge is 0.225 e. The number of aromatic nitrogens is 4. The summed E-state index contributed by atoms with van der Waals surface area (Å²) in [6.45, 7) is 6.13. The van der Waals surface area contributed by atoms with Crippen molar-refractivity contribution in [3.63, 3.8) is 0 Å². The van der Waals surface area contributed by atoms with Crippen molar-refractivity contribution in [3.05, 3.63) is 35.7 Å². The highest BCUT2D eigenvalue weighted by Gasteiger charge is 2.29. The number of amides is 1. The number of hydrogen-bond acceptors (Lipinski definition) is 5. The summed E-state index contributed by atoms with van der Waals surface area (Å²) in [5.74, 6) is 1.48. The number of piperazine rings is 1. The zero-order valence-electron chi connectivity index (χ0n) is 15.3. The number of nitrogens with zero attached hydrogens (tertiary/aromatic N) is 6. The van der Waals surface area contributed by atoms with Crippen molar-refractivity contribution in [2.75, 3.05) is 26.2 Å². The summed E-state index contributed by atoms with van der Waals surface area (Å²) in [6, 6.07) is 8.20. The zero-order chi connectivity index (χ0) is 17.9. The molecule has 0 bridgehead atoms. The van der Waals surface area contributed by atoms with Crippen LogP contribution < -0.4 is 0 Å². The molecule has 7 heteroatoms. The molecule has 0 radical (unpaired) electrons. The van der Waals surface area contributed by atoms with Crippen LogP contribution in [0.15, 0.2) is 24.3 Å². The van der Waals surface area contributed by atoms with Crippen LogP contribution in [-0.4, -0.2) is 62.1 Å².